The van der Waals surface area contributed by atoms with E-state index in [4.69, 9.17) is 26.9 Å². The number of ether oxygens (including phenoxy) is 1. The van der Waals surface area contributed by atoms with E-state index in [0.717, 1.165) is 0 Å². The van der Waals surface area contributed by atoms with Crippen LogP contribution >= 0.6 is 11.6 Å². The molecule has 0 fully saturated rings. The predicted molar refractivity (Wildman–Crippen MR) is 86.0 cm³/mol. The molecule has 0 bridgehead atoms. The van der Waals surface area contributed by atoms with E-state index in [2.05, 4.69) is 5.32 Å². The highest BCUT2D eigenvalue weighted by Gasteiger charge is 2.16. The lowest BCUT2D eigenvalue weighted by atomic mass is 10.2. The van der Waals surface area contributed by atoms with Crippen molar-refractivity contribution in [2.45, 2.75) is 13.0 Å². The van der Waals surface area contributed by atoms with Crippen molar-refractivity contribution >= 4 is 23.2 Å². The third-order valence-electron chi connectivity index (χ3n) is 3.02. The highest BCUT2D eigenvalue weighted by atomic mass is 35.5. The summed E-state index contributed by atoms with van der Waals surface area (Å²) in [6.07, 6.45) is -0.781. The van der Waals surface area contributed by atoms with Crippen LogP contribution in [0.1, 0.15) is 18.1 Å². The van der Waals surface area contributed by atoms with E-state index in [1.54, 1.807) is 43.3 Å². The third kappa shape index (κ3) is 4.23. The standard InChI is InChI=1S/C17H12ClN3O2/c1-11(23-16-7-4-13(10-20)8-15(16)18)17(22)21-14-5-2-12(9-19)3-6-14/h2-8,11H,1H3,(H,21,22)/t11-/m1/s1. The van der Waals surface area contributed by atoms with Gasteiger partial charge in [0.2, 0.25) is 0 Å². The molecular formula is C17H12ClN3O2. The first-order chi connectivity index (χ1) is 11.0. The van der Waals surface area contributed by atoms with Crippen molar-refractivity contribution in [2.24, 2.45) is 0 Å². The Morgan fingerprint density at radius 1 is 1.13 bits per heavy atom. The van der Waals surface area contributed by atoms with E-state index >= 15 is 0 Å². The first kappa shape index (κ1) is 16.4. The first-order valence-corrected chi connectivity index (χ1v) is 7.08. The molecule has 0 aliphatic carbocycles. The Morgan fingerprint density at radius 2 is 1.74 bits per heavy atom. The number of nitrogens with zero attached hydrogens (tertiary/aromatic N) is 2. The number of benzene rings is 2. The molecule has 2 aromatic rings. The number of nitriles is 2. The Labute approximate surface area is 138 Å². The molecule has 1 atom stereocenters. The minimum absolute atomic E-state index is 0.266. The zero-order valence-electron chi connectivity index (χ0n) is 12.2. The Kier molecular flexibility index (Phi) is 5.19. The maximum Gasteiger partial charge on any atom is 0.265 e. The van der Waals surface area contributed by atoms with Crippen LogP contribution < -0.4 is 10.1 Å². The number of amides is 1. The fourth-order valence-electron chi connectivity index (χ4n) is 1.78. The van der Waals surface area contributed by atoms with Crippen molar-refractivity contribution in [1.29, 1.82) is 10.5 Å². The van der Waals surface area contributed by atoms with Gasteiger partial charge in [0.05, 0.1) is 28.3 Å². The molecule has 0 saturated carbocycles. The highest BCUT2D eigenvalue weighted by molar-refractivity contribution is 6.32. The molecule has 0 aromatic heterocycles. The maximum absolute atomic E-state index is 12.1. The number of carbonyl (C=O) groups excluding carboxylic acids is 1. The van der Waals surface area contributed by atoms with Crippen molar-refractivity contribution in [3.63, 3.8) is 0 Å². The maximum atomic E-state index is 12.1. The summed E-state index contributed by atoms with van der Waals surface area (Å²) >= 11 is 6.01. The lowest BCUT2D eigenvalue weighted by molar-refractivity contribution is -0.122. The van der Waals surface area contributed by atoms with Gasteiger partial charge in [0.1, 0.15) is 5.75 Å². The van der Waals surface area contributed by atoms with Gasteiger partial charge >= 0.3 is 0 Å². The van der Waals surface area contributed by atoms with Crippen LogP contribution in [0, 0.1) is 22.7 Å². The molecular weight excluding hydrogens is 314 g/mol. The van der Waals surface area contributed by atoms with Gasteiger partial charge < -0.3 is 10.1 Å². The van der Waals surface area contributed by atoms with Crippen molar-refractivity contribution in [1.82, 2.24) is 0 Å². The number of anilines is 1. The number of nitrogens with one attached hydrogen (secondary N) is 1. The second-order valence-electron chi connectivity index (χ2n) is 4.70. The number of halogens is 1. The van der Waals surface area contributed by atoms with Gasteiger partial charge in [0, 0.05) is 5.69 Å². The molecule has 0 heterocycles. The largest absolute Gasteiger partial charge is 0.479 e. The molecule has 1 amide bonds. The zero-order valence-corrected chi connectivity index (χ0v) is 13.0. The molecule has 114 valence electrons. The van der Waals surface area contributed by atoms with Crippen LogP contribution in [-0.4, -0.2) is 12.0 Å². The van der Waals surface area contributed by atoms with Gasteiger partial charge in [0.25, 0.3) is 5.91 Å². The second kappa shape index (κ2) is 7.31. The van der Waals surface area contributed by atoms with Crippen LogP contribution in [0.2, 0.25) is 5.02 Å². The lowest BCUT2D eigenvalue weighted by Crippen LogP contribution is -2.30. The van der Waals surface area contributed by atoms with Crippen LogP contribution in [0.15, 0.2) is 42.5 Å². The molecule has 2 aromatic carbocycles. The van der Waals surface area contributed by atoms with Crippen LogP contribution in [0.3, 0.4) is 0 Å². The van der Waals surface area contributed by atoms with Gasteiger partial charge in [0.15, 0.2) is 6.10 Å². The van der Waals surface area contributed by atoms with Gasteiger partial charge in [-0.05, 0) is 49.4 Å². The summed E-state index contributed by atoms with van der Waals surface area (Å²) in [7, 11) is 0. The summed E-state index contributed by atoms with van der Waals surface area (Å²) in [6.45, 7) is 1.59. The van der Waals surface area contributed by atoms with Crippen molar-refractivity contribution in [3.05, 3.63) is 58.6 Å². The number of rotatable bonds is 4. The minimum Gasteiger partial charge on any atom is -0.479 e. The van der Waals surface area contributed by atoms with Gasteiger partial charge in [-0.15, -0.1) is 0 Å². The summed E-state index contributed by atoms with van der Waals surface area (Å²) in [5, 5.41) is 20.5. The molecule has 0 aliphatic rings. The molecule has 1 N–H and O–H groups in total. The van der Waals surface area contributed by atoms with Crippen molar-refractivity contribution < 1.29 is 9.53 Å². The van der Waals surface area contributed by atoms with E-state index in [-0.39, 0.29) is 10.9 Å². The normalized spacial score (nSPS) is 11.0. The molecule has 6 heteroatoms. The second-order valence-corrected chi connectivity index (χ2v) is 5.10. The van der Waals surface area contributed by atoms with Crippen LogP contribution in [0.25, 0.3) is 0 Å². The predicted octanol–water partition coefficient (Wildman–Crippen LogP) is 3.49. The molecule has 0 saturated heterocycles. The van der Waals surface area contributed by atoms with Crippen LogP contribution in [0.4, 0.5) is 5.69 Å². The van der Waals surface area contributed by atoms with E-state index < -0.39 is 6.10 Å². The molecule has 2 rings (SSSR count). The minimum atomic E-state index is -0.781. The van der Waals surface area contributed by atoms with Gasteiger partial charge in [-0.3, -0.25) is 4.79 Å². The smallest absolute Gasteiger partial charge is 0.265 e. The van der Waals surface area contributed by atoms with E-state index in [9.17, 15) is 4.79 Å². The van der Waals surface area contributed by atoms with Gasteiger partial charge in [-0.2, -0.15) is 10.5 Å². The summed E-state index contributed by atoms with van der Waals surface area (Å²) in [5.41, 5.74) is 1.49. The van der Waals surface area contributed by atoms with E-state index in [1.165, 1.54) is 6.07 Å². The van der Waals surface area contributed by atoms with E-state index in [1.807, 2.05) is 12.1 Å². The monoisotopic (exact) mass is 325 g/mol. The molecule has 0 radical (unpaired) electrons. The zero-order chi connectivity index (χ0) is 16.8. The Morgan fingerprint density at radius 3 is 2.30 bits per heavy atom. The lowest BCUT2D eigenvalue weighted by Gasteiger charge is -2.15. The van der Waals surface area contributed by atoms with Gasteiger partial charge in [-0.25, -0.2) is 0 Å². The summed E-state index contributed by atoms with van der Waals surface area (Å²) in [6, 6.07) is 15.1. The fraction of sp³-hybridized carbons (Fsp3) is 0.118. The summed E-state index contributed by atoms with van der Waals surface area (Å²) in [5.74, 6) is -0.0247. The Bertz CT molecular complexity index is 804. The average molecular weight is 326 g/mol. The number of hydrogen-bond acceptors (Lipinski definition) is 4. The number of carbonyl (C=O) groups is 1. The van der Waals surface area contributed by atoms with Crippen LogP contribution in [0.5, 0.6) is 5.75 Å². The SMILES string of the molecule is C[C@@H](Oc1ccc(C#N)cc1Cl)C(=O)Nc1ccc(C#N)cc1. The molecule has 23 heavy (non-hydrogen) atoms. The highest BCUT2D eigenvalue weighted by Crippen LogP contribution is 2.26. The van der Waals surface area contributed by atoms with Crippen molar-refractivity contribution in [3.8, 4) is 17.9 Å². The third-order valence-corrected chi connectivity index (χ3v) is 3.31. The molecule has 0 spiro atoms. The fourth-order valence-corrected chi connectivity index (χ4v) is 2.01. The Hall–Kier alpha value is -3.02. The molecule has 0 unspecified atom stereocenters. The Balaban J connectivity index is 2.02. The van der Waals surface area contributed by atoms with Gasteiger partial charge in [-0.1, -0.05) is 11.6 Å². The average Bonchev–Trinajstić information content (AvgIpc) is 2.57. The molecule has 0 aliphatic heterocycles. The summed E-state index contributed by atoms with van der Waals surface area (Å²) in [4.78, 5) is 12.1. The van der Waals surface area contributed by atoms with E-state index in [0.29, 0.717) is 22.6 Å². The van der Waals surface area contributed by atoms with Crippen molar-refractivity contribution in [2.75, 3.05) is 5.32 Å². The first-order valence-electron chi connectivity index (χ1n) is 6.71. The van der Waals surface area contributed by atoms with Crippen LogP contribution in [-0.2, 0) is 4.79 Å². The molecule has 5 nitrogen and oxygen atoms in total. The number of hydrogen-bond donors (Lipinski definition) is 1. The summed E-state index contributed by atoms with van der Waals surface area (Å²) < 4.78 is 5.52. The topological polar surface area (TPSA) is 85.9 Å². The quantitative estimate of drug-likeness (QED) is 0.932.